The number of benzene rings is 2. The zero-order chi connectivity index (χ0) is 22.7. The van der Waals surface area contributed by atoms with Crippen molar-refractivity contribution in [1.29, 1.82) is 0 Å². The third kappa shape index (κ3) is 5.64. The number of nitrogens with one attached hydrogen (secondary N) is 2. The summed E-state index contributed by atoms with van der Waals surface area (Å²) in [6.45, 7) is 10.4. The molecule has 0 aromatic heterocycles. The largest absolute Gasteiger partial charge is 0.325 e. The lowest BCUT2D eigenvalue weighted by molar-refractivity contribution is -0.116. The molecule has 0 spiro atoms. The lowest BCUT2D eigenvalue weighted by Gasteiger charge is -2.34. The van der Waals surface area contributed by atoms with Gasteiger partial charge in [-0.1, -0.05) is 26.0 Å². The molecule has 9 heteroatoms. The maximum absolute atomic E-state index is 12.9. The first-order chi connectivity index (χ1) is 15.3. The minimum atomic E-state index is -3.77. The molecule has 1 saturated heterocycles. The van der Waals surface area contributed by atoms with Gasteiger partial charge in [0.05, 0.1) is 10.6 Å². The Balaban J connectivity index is 1.42. The molecule has 0 radical (unpaired) electrons. The number of hydrogen-bond acceptors (Lipinski definition) is 6. The lowest BCUT2D eigenvalue weighted by atomic mass is 10.2. The van der Waals surface area contributed by atoms with Gasteiger partial charge in [0.25, 0.3) is 10.0 Å². The Bertz CT molecular complexity index is 1070. The molecule has 2 N–H and O–H groups in total. The lowest BCUT2D eigenvalue weighted by Crippen LogP contribution is -2.45. The quantitative estimate of drug-likeness (QED) is 0.668. The third-order valence-electron chi connectivity index (χ3n) is 5.86. The molecule has 2 aromatic rings. The van der Waals surface area contributed by atoms with Crippen molar-refractivity contribution in [3.05, 3.63) is 48.0 Å². The van der Waals surface area contributed by atoms with Gasteiger partial charge in [0.15, 0.2) is 0 Å². The number of anilines is 2. The van der Waals surface area contributed by atoms with Gasteiger partial charge in [-0.25, -0.2) is 8.42 Å². The molecule has 1 atom stereocenters. The van der Waals surface area contributed by atoms with Crippen LogP contribution in [0.3, 0.4) is 0 Å². The zero-order valence-electron chi connectivity index (χ0n) is 18.5. The summed E-state index contributed by atoms with van der Waals surface area (Å²) in [7, 11) is -3.77. The van der Waals surface area contributed by atoms with E-state index < -0.39 is 10.0 Å². The van der Waals surface area contributed by atoms with Crippen LogP contribution in [0.2, 0.25) is 0 Å². The molecular formula is C23H30N4O3S2. The van der Waals surface area contributed by atoms with E-state index >= 15 is 0 Å². The van der Waals surface area contributed by atoms with Crippen molar-refractivity contribution in [1.82, 2.24) is 9.80 Å². The summed E-state index contributed by atoms with van der Waals surface area (Å²) in [6, 6.07) is 12.4. The van der Waals surface area contributed by atoms with Crippen molar-refractivity contribution < 1.29 is 13.2 Å². The molecule has 2 aliphatic heterocycles. The van der Waals surface area contributed by atoms with Gasteiger partial charge in [-0.3, -0.25) is 14.4 Å². The van der Waals surface area contributed by atoms with E-state index in [0.29, 0.717) is 17.8 Å². The van der Waals surface area contributed by atoms with E-state index in [0.717, 1.165) is 49.7 Å². The molecule has 172 valence electrons. The summed E-state index contributed by atoms with van der Waals surface area (Å²) >= 11 is 1.57. The molecule has 2 aromatic carbocycles. The van der Waals surface area contributed by atoms with E-state index in [4.69, 9.17) is 0 Å². The molecule has 7 nitrogen and oxygen atoms in total. The predicted molar refractivity (Wildman–Crippen MR) is 130 cm³/mol. The highest BCUT2D eigenvalue weighted by molar-refractivity contribution is 8.00. The fourth-order valence-electron chi connectivity index (χ4n) is 4.01. The van der Waals surface area contributed by atoms with Crippen LogP contribution in [0.4, 0.5) is 11.4 Å². The Morgan fingerprint density at radius 1 is 1.06 bits per heavy atom. The average Bonchev–Trinajstić information content (AvgIpc) is 2.91. The molecule has 0 aliphatic carbocycles. The second kappa shape index (κ2) is 9.82. The van der Waals surface area contributed by atoms with E-state index in [1.807, 2.05) is 19.1 Å². The second-order valence-electron chi connectivity index (χ2n) is 8.35. The Labute approximate surface area is 194 Å². The highest BCUT2D eigenvalue weighted by atomic mass is 32.2. The minimum absolute atomic E-state index is 0.0991. The highest BCUT2D eigenvalue weighted by Crippen LogP contribution is 2.36. The van der Waals surface area contributed by atoms with Crippen molar-refractivity contribution in [2.24, 2.45) is 0 Å². The molecule has 1 amide bonds. The van der Waals surface area contributed by atoms with E-state index in [9.17, 15) is 13.2 Å². The number of sulfonamides is 1. The van der Waals surface area contributed by atoms with Crippen LogP contribution in [-0.2, 0) is 21.4 Å². The van der Waals surface area contributed by atoms with Crippen molar-refractivity contribution in [3.63, 3.8) is 0 Å². The number of hydrogen-bond donors (Lipinski definition) is 2. The van der Waals surface area contributed by atoms with Gasteiger partial charge in [0.1, 0.15) is 0 Å². The summed E-state index contributed by atoms with van der Waals surface area (Å²) in [5.74, 6) is -0.0991. The van der Waals surface area contributed by atoms with E-state index in [1.54, 1.807) is 36.0 Å². The molecule has 2 aliphatic rings. The molecule has 0 saturated carbocycles. The third-order valence-corrected chi connectivity index (χ3v) is 8.42. The Hall–Kier alpha value is -2.07. The molecule has 0 unspecified atom stereocenters. The van der Waals surface area contributed by atoms with Crippen LogP contribution in [0.5, 0.6) is 0 Å². The summed E-state index contributed by atoms with van der Waals surface area (Å²) in [4.78, 5) is 17.9. The summed E-state index contributed by atoms with van der Waals surface area (Å²) in [6.07, 6.45) is 0.403. The fraction of sp³-hybridized carbons (Fsp3) is 0.435. The second-order valence-corrected chi connectivity index (χ2v) is 11.5. The van der Waals surface area contributed by atoms with Gasteiger partial charge in [-0.15, -0.1) is 11.8 Å². The number of fused-ring (bicyclic) bond motifs is 1. The smallest absolute Gasteiger partial charge is 0.261 e. The van der Waals surface area contributed by atoms with Crippen LogP contribution in [0, 0.1) is 0 Å². The minimum Gasteiger partial charge on any atom is -0.325 e. The van der Waals surface area contributed by atoms with Crippen LogP contribution in [-0.4, -0.2) is 62.1 Å². The van der Waals surface area contributed by atoms with Crippen LogP contribution in [0.15, 0.2) is 52.3 Å². The van der Waals surface area contributed by atoms with E-state index in [-0.39, 0.29) is 16.1 Å². The number of amides is 1. The maximum Gasteiger partial charge on any atom is 0.261 e. The summed E-state index contributed by atoms with van der Waals surface area (Å²) in [5, 5.41) is 2.97. The molecule has 1 fully saturated rings. The highest BCUT2D eigenvalue weighted by Gasteiger charge is 2.22. The average molecular weight is 475 g/mol. The van der Waals surface area contributed by atoms with Crippen LogP contribution in [0.1, 0.15) is 25.8 Å². The Morgan fingerprint density at radius 3 is 2.44 bits per heavy atom. The van der Waals surface area contributed by atoms with Gasteiger partial charge in [-0.2, -0.15) is 0 Å². The van der Waals surface area contributed by atoms with Gasteiger partial charge in [0.2, 0.25) is 5.91 Å². The van der Waals surface area contributed by atoms with E-state index in [1.165, 1.54) is 6.07 Å². The van der Waals surface area contributed by atoms with Gasteiger partial charge < -0.3 is 10.2 Å². The molecule has 4 rings (SSSR count). The molecule has 32 heavy (non-hydrogen) atoms. The number of nitrogens with zero attached hydrogens (tertiary/aromatic N) is 2. The van der Waals surface area contributed by atoms with Gasteiger partial charge in [0, 0.05) is 55.0 Å². The van der Waals surface area contributed by atoms with Crippen molar-refractivity contribution in [2.75, 3.05) is 42.8 Å². The summed E-state index contributed by atoms with van der Waals surface area (Å²) < 4.78 is 28.5. The van der Waals surface area contributed by atoms with Crippen LogP contribution < -0.4 is 10.0 Å². The Kier molecular flexibility index (Phi) is 7.09. The first kappa shape index (κ1) is 23.1. The zero-order valence-corrected chi connectivity index (χ0v) is 20.1. The topological polar surface area (TPSA) is 81.8 Å². The van der Waals surface area contributed by atoms with Crippen LogP contribution in [0.25, 0.3) is 0 Å². The first-order valence-corrected chi connectivity index (χ1v) is 13.4. The summed E-state index contributed by atoms with van der Waals surface area (Å²) in [5.41, 5.74) is 2.23. The SMILES string of the molecule is CCN1CCN(Cc2ccc(NS(=O)(=O)c3ccc4c(c3)NC(=O)C[C@H](C)S4)cc2)CC1. The number of thioether (sulfide) groups is 1. The fourth-order valence-corrected chi connectivity index (χ4v) is 6.15. The van der Waals surface area contributed by atoms with Crippen LogP contribution >= 0.6 is 11.8 Å². The monoisotopic (exact) mass is 474 g/mol. The normalized spacial score (nSPS) is 20.3. The number of piperazine rings is 1. The van der Waals surface area contributed by atoms with Gasteiger partial charge >= 0.3 is 0 Å². The van der Waals surface area contributed by atoms with Crippen molar-refractivity contribution in [2.45, 2.75) is 41.9 Å². The van der Waals surface area contributed by atoms with E-state index in [2.05, 4.69) is 26.8 Å². The predicted octanol–water partition coefficient (Wildman–Crippen LogP) is 3.45. The standard InChI is InChI=1S/C23H30N4O3S2/c1-3-26-10-12-27(13-11-26)16-18-4-6-19(7-5-18)25-32(29,30)20-8-9-22-21(15-20)24-23(28)14-17(2)31-22/h4-9,15,17,25H,3,10-14,16H2,1-2H3,(H,24,28)/t17-/m0/s1. The number of carbonyl (C=O) groups is 1. The molecule has 0 bridgehead atoms. The maximum atomic E-state index is 12.9. The Morgan fingerprint density at radius 2 is 1.75 bits per heavy atom. The number of carbonyl (C=O) groups excluding carboxylic acids is 1. The molecular weight excluding hydrogens is 444 g/mol. The number of rotatable bonds is 6. The first-order valence-electron chi connectivity index (χ1n) is 11.0. The molecule has 2 heterocycles. The van der Waals surface area contributed by atoms with Gasteiger partial charge in [-0.05, 0) is 42.4 Å². The van der Waals surface area contributed by atoms with Crippen molar-refractivity contribution in [3.8, 4) is 0 Å². The number of likely N-dealkylation sites (N-methyl/N-ethyl adjacent to an activating group) is 1. The van der Waals surface area contributed by atoms with Crippen molar-refractivity contribution >= 4 is 39.1 Å².